The predicted molar refractivity (Wildman–Crippen MR) is 38.7 cm³/mol. The summed E-state index contributed by atoms with van der Waals surface area (Å²) in [7, 11) is 0. The van der Waals surface area contributed by atoms with E-state index in [1.807, 2.05) is 6.92 Å². The Labute approximate surface area is 66.7 Å². The molecule has 0 fully saturated rings. The van der Waals surface area contributed by atoms with E-state index in [1.165, 1.54) is 6.07 Å². The second kappa shape index (κ2) is 2.85. The van der Waals surface area contributed by atoms with Crippen molar-refractivity contribution in [2.75, 3.05) is 0 Å². The Bertz CT molecular complexity index is 236. The molecule has 0 N–H and O–H groups in total. The highest BCUT2D eigenvalue weighted by Crippen LogP contribution is 2.32. The van der Waals surface area contributed by atoms with Crippen LogP contribution in [-0.2, 0) is 12.6 Å². The topological polar surface area (TPSA) is 0 Å². The normalized spacial score (nSPS) is 12.0. The van der Waals surface area contributed by atoms with Crippen molar-refractivity contribution >= 4 is 11.3 Å². The van der Waals surface area contributed by atoms with E-state index >= 15 is 0 Å². The molecule has 0 aliphatic rings. The van der Waals surface area contributed by atoms with E-state index in [0.717, 1.165) is 21.6 Å². The Morgan fingerprint density at radius 2 is 2.09 bits per heavy atom. The van der Waals surface area contributed by atoms with Gasteiger partial charge in [-0.15, -0.1) is 11.3 Å². The maximum Gasteiger partial charge on any atom is 0.417 e. The minimum Gasteiger partial charge on any atom is -0.166 e. The molecule has 1 aromatic heterocycles. The van der Waals surface area contributed by atoms with Crippen LogP contribution in [0.4, 0.5) is 13.2 Å². The van der Waals surface area contributed by atoms with Crippen molar-refractivity contribution in [3.05, 3.63) is 21.9 Å². The molecule has 0 aliphatic carbocycles. The van der Waals surface area contributed by atoms with E-state index in [1.54, 1.807) is 0 Å². The minimum atomic E-state index is -4.18. The maximum atomic E-state index is 11.9. The molecule has 0 radical (unpaired) electrons. The fourth-order valence-electron chi connectivity index (χ4n) is 0.715. The molecule has 0 aromatic carbocycles. The minimum absolute atomic E-state index is 0.528. The Kier molecular flexibility index (Phi) is 2.23. The van der Waals surface area contributed by atoms with Gasteiger partial charge in [-0.05, 0) is 12.5 Å². The zero-order chi connectivity index (χ0) is 8.48. The first-order valence-corrected chi connectivity index (χ1v) is 4.06. The van der Waals surface area contributed by atoms with Gasteiger partial charge in [0.15, 0.2) is 0 Å². The standard InChI is InChI=1S/C7H7F3S/c1-2-6-3-5(4-11-6)7(8,9)10/h3-4H,2H2,1H3. The highest BCUT2D eigenvalue weighted by molar-refractivity contribution is 7.10. The van der Waals surface area contributed by atoms with Gasteiger partial charge >= 0.3 is 6.18 Å². The molecule has 0 saturated heterocycles. The van der Waals surface area contributed by atoms with Crippen LogP contribution in [0.3, 0.4) is 0 Å². The van der Waals surface area contributed by atoms with E-state index in [9.17, 15) is 13.2 Å². The van der Waals surface area contributed by atoms with Crippen molar-refractivity contribution in [1.29, 1.82) is 0 Å². The smallest absolute Gasteiger partial charge is 0.166 e. The van der Waals surface area contributed by atoms with Gasteiger partial charge in [-0.2, -0.15) is 13.2 Å². The molecule has 0 bridgehead atoms. The number of hydrogen-bond acceptors (Lipinski definition) is 1. The Morgan fingerprint density at radius 3 is 2.36 bits per heavy atom. The molecule has 0 spiro atoms. The summed E-state index contributed by atoms with van der Waals surface area (Å²) in [6.07, 6.45) is -3.51. The highest BCUT2D eigenvalue weighted by Gasteiger charge is 2.31. The van der Waals surface area contributed by atoms with Gasteiger partial charge in [-0.3, -0.25) is 0 Å². The summed E-state index contributed by atoms with van der Waals surface area (Å²) in [5.74, 6) is 0. The van der Waals surface area contributed by atoms with Crippen molar-refractivity contribution in [1.82, 2.24) is 0 Å². The Balaban J connectivity index is 2.89. The van der Waals surface area contributed by atoms with E-state index in [0.29, 0.717) is 6.42 Å². The molecule has 0 saturated carbocycles. The number of rotatable bonds is 1. The van der Waals surface area contributed by atoms with E-state index < -0.39 is 11.7 Å². The monoisotopic (exact) mass is 180 g/mol. The first kappa shape index (κ1) is 8.59. The van der Waals surface area contributed by atoms with Gasteiger partial charge in [0, 0.05) is 10.3 Å². The molecular formula is C7H7F3S. The molecule has 0 amide bonds. The van der Waals surface area contributed by atoms with Gasteiger partial charge < -0.3 is 0 Å². The molecule has 0 unspecified atom stereocenters. The van der Waals surface area contributed by atoms with Gasteiger partial charge in [-0.25, -0.2) is 0 Å². The highest BCUT2D eigenvalue weighted by atomic mass is 32.1. The van der Waals surface area contributed by atoms with Crippen molar-refractivity contribution in [3.8, 4) is 0 Å². The van der Waals surface area contributed by atoms with E-state index in [-0.39, 0.29) is 0 Å². The van der Waals surface area contributed by atoms with Crippen molar-refractivity contribution < 1.29 is 13.2 Å². The summed E-state index contributed by atoms with van der Waals surface area (Å²) in [5.41, 5.74) is -0.528. The van der Waals surface area contributed by atoms with Crippen LogP contribution in [0.1, 0.15) is 17.4 Å². The third kappa shape index (κ3) is 1.96. The first-order chi connectivity index (χ1) is 5.04. The Hall–Kier alpha value is -0.510. The van der Waals surface area contributed by atoms with Crippen molar-refractivity contribution in [2.24, 2.45) is 0 Å². The van der Waals surface area contributed by atoms with Gasteiger partial charge in [0.05, 0.1) is 5.56 Å². The average molecular weight is 180 g/mol. The molecule has 11 heavy (non-hydrogen) atoms. The summed E-state index contributed by atoms with van der Waals surface area (Å²) < 4.78 is 35.8. The molecule has 0 nitrogen and oxygen atoms in total. The van der Waals surface area contributed by atoms with Crippen molar-refractivity contribution in [3.63, 3.8) is 0 Å². The number of alkyl halides is 3. The molecule has 0 aliphatic heterocycles. The summed E-state index contributed by atoms with van der Waals surface area (Å²) in [6, 6.07) is 1.20. The van der Waals surface area contributed by atoms with Gasteiger partial charge in [0.25, 0.3) is 0 Å². The zero-order valence-electron chi connectivity index (χ0n) is 5.90. The van der Waals surface area contributed by atoms with Gasteiger partial charge in [0.2, 0.25) is 0 Å². The fraction of sp³-hybridized carbons (Fsp3) is 0.429. The molecule has 62 valence electrons. The van der Waals surface area contributed by atoms with Crippen LogP contribution in [0.15, 0.2) is 11.4 Å². The number of thiophene rings is 1. The average Bonchev–Trinajstić information content (AvgIpc) is 2.32. The van der Waals surface area contributed by atoms with Gasteiger partial charge in [0.1, 0.15) is 0 Å². The Morgan fingerprint density at radius 1 is 1.45 bits per heavy atom. The molecule has 0 atom stereocenters. The third-order valence-corrected chi connectivity index (χ3v) is 2.41. The second-order valence-corrected chi connectivity index (χ2v) is 3.15. The quantitative estimate of drug-likeness (QED) is 0.621. The van der Waals surface area contributed by atoms with E-state index in [2.05, 4.69) is 0 Å². The second-order valence-electron chi connectivity index (χ2n) is 2.15. The largest absolute Gasteiger partial charge is 0.417 e. The molecule has 1 rings (SSSR count). The van der Waals surface area contributed by atoms with Crippen LogP contribution in [0.2, 0.25) is 0 Å². The number of hydrogen-bond donors (Lipinski definition) is 0. The third-order valence-electron chi connectivity index (χ3n) is 1.33. The molecular weight excluding hydrogens is 173 g/mol. The van der Waals surface area contributed by atoms with Crippen LogP contribution >= 0.6 is 11.3 Å². The number of halogens is 3. The van der Waals surface area contributed by atoms with Gasteiger partial charge in [-0.1, -0.05) is 6.92 Å². The lowest BCUT2D eigenvalue weighted by atomic mass is 10.3. The van der Waals surface area contributed by atoms with Crippen LogP contribution in [-0.4, -0.2) is 0 Å². The van der Waals surface area contributed by atoms with Crippen LogP contribution < -0.4 is 0 Å². The lowest BCUT2D eigenvalue weighted by Crippen LogP contribution is -2.01. The first-order valence-electron chi connectivity index (χ1n) is 3.18. The SMILES string of the molecule is CCc1cc(C(F)(F)F)cs1. The summed E-state index contributed by atoms with van der Waals surface area (Å²) in [5, 5.41) is 1.15. The summed E-state index contributed by atoms with van der Waals surface area (Å²) >= 11 is 1.16. The molecule has 1 heterocycles. The lowest BCUT2D eigenvalue weighted by molar-refractivity contribution is -0.137. The van der Waals surface area contributed by atoms with Crippen molar-refractivity contribution in [2.45, 2.75) is 19.5 Å². The molecule has 1 aromatic rings. The number of aryl methyl sites for hydroxylation is 1. The predicted octanol–water partition coefficient (Wildman–Crippen LogP) is 3.33. The fourth-order valence-corrected chi connectivity index (χ4v) is 1.56. The van der Waals surface area contributed by atoms with Crippen LogP contribution in [0, 0.1) is 0 Å². The van der Waals surface area contributed by atoms with E-state index in [4.69, 9.17) is 0 Å². The zero-order valence-corrected chi connectivity index (χ0v) is 6.72. The summed E-state index contributed by atoms with van der Waals surface area (Å²) in [6.45, 7) is 1.84. The summed E-state index contributed by atoms with van der Waals surface area (Å²) in [4.78, 5) is 0.775. The van der Waals surface area contributed by atoms with Crippen LogP contribution in [0.25, 0.3) is 0 Å². The lowest BCUT2D eigenvalue weighted by Gasteiger charge is -2.00. The molecule has 4 heteroatoms. The van der Waals surface area contributed by atoms with Crippen LogP contribution in [0.5, 0.6) is 0 Å². The maximum absolute atomic E-state index is 11.9.